The smallest absolute Gasteiger partial charge is 0.0593 e. The van der Waals surface area contributed by atoms with Gasteiger partial charge in [0, 0.05) is 19.7 Å². The van der Waals surface area contributed by atoms with E-state index in [1.54, 1.807) is 0 Å². The summed E-state index contributed by atoms with van der Waals surface area (Å²) in [5, 5.41) is 0. The number of nitrogens with two attached hydrogens (primary N) is 1. The fraction of sp³-hybridized carbons (Fsp3) is 1.00. The minimum absolute atomic E-state index is 0.260. The largest absolute Gasteiger partial charge is 0.380 e. The summed E-state index contributed by atoms with van der Waals surface area (Å²) < 4.78 is 5.34. The third kappa shape index (κ3) is 6.88. The van der Waals surface area contributed by atoms with Gasteiger partial charge in [-0.2, -0.15) is 0 Å². The van der Waals surface area contributed by atoms with Crippen molar-refractivity contribution in [2.45, 2.75) is 33.6 Å². The summed E-state index contributed by atoms with van der Waals surface area (Å²) in [5.74, 6) is 0. The third-order valence-electron chi connectivity index (χ3n) is 2.82. The first-order valence-corrected chi connectivity index (χ1v) is 6.04. The van der Waals surface area contributed by atoms with Gasteiger partial charge < -0.3 is 15.4 Å². The summed E-state index contributed by atoms with van der Waals surface area (Å²) in [6.45, 7) is 11.0. The monoisotopic (exact) mass is 216 g/mol. The van der Waals surface area contributed by atoms with E-state index in [9.17, 15) is 0 Å². The Morgan fingerprint density at radius 1 is 1.33 bits per heavy atom. The highest BCUT2D eigenvalue weighted by atomic mass is 16.5. The normalized spacial score (nSPS) is 15.6. The lowest BCUT2D eigenvalue weighted by molar-refractivity contribution is 0.103. The molecule has 0 aliphatic carbocycles. The fourth-order valence-electron chi connectivity index (χ4n) is 1.94. The van der Waals surface area contributed by atoms with E-state index in [0.29, 0.717) is 0 Å². The van der Waals surface area contributed by atoms with Crippen LogP contribution in [0.4, 0.5) is 0 Å². The van der Waals surface area contributed by atoms with Gasteiger partial charge in [0.25, 0.3) is 0 Å². The van der Waals surface area contributed by atoms with E-state index in [4.69, 9.17) is 10.5 Å². The zero-order valence-corrected chi connectivity index (χ0v) is 10.9. The minimum atomic E-state index is 0.260. The van der Waals surface area contributed by atoms with Gasteiger partial charge in [0.1, 0.15) is 0 Å². The molecule has 3 nitrogen and oxygen atoms in total. The van der Waals surface area contributed by atoms with Gasteiger partial charge in [-0.15, -0.1) is 0 Å². The number of ether oxygens (including phenoxy) is 1. The predicted octanol–water partition coefficient (Wildman–Crippen LogP) is 1.72. The van der Waals surface area contributed by atoms with Crippen LogP contribution in [0.25, 0.3) is 0 Å². The molecule has 1 unspecified atom stereocenters. The Balaban J connectivity index is 3.84. The summed E-state index contributed by atoms with van der Waals surface area (Å²) in [7, 11) is 2.14. The van der Waals surface area contributed by atoms with Crippen LogP contribution in [0.5, 0.6) is 0 Å². The Labute approximate surface area is 95.0 Å². The molecule has 92 valence electrons. The molecule has 0 bridgehead atoms. The number of rotatable bonds is 9. The summed E-state index contributed by atoms with van der Waals surface area (Å²) >= 11 is 0. The van der Waals surface area contributed by atoms with Crippen molar-refractivity contribution in [2.24, 2.45) is 11.1 Å². The average Bonchev–Trinajstić information content (AvgIpc) is 2.18. The number of likely N-dealkylation sites (N-methyl/N-ethyl adjacent to an activating group) is 1. The quantitative estimate of drug-likeness (QED) is 0.596. The molecular formula is C12H28N2O. The fourth-order valence-corrected chi connectivity index (χ4v) is 1.94. The summed E-state index contributed by atoms with van der Waals surface area (Å²) in [6, 6.07) is 0. The minimum Gasteiger partial charge on any atom is -0.380 e. The zero-order valence-electron chi connectivity index (χ0n) is 10.9. The van der Waals surface area contributed by atoms with Gasteiger partial charge in [0.15, 0.2) is 0 Å². The second-order valence-electron chi connectivity index (χ2n) is 4.70. The van der Waals surface area contributed by atoms with Gasteiger partial charge in [0.05, 0.1) is 6.61 Å². The van der Waals surface area contributed by atoms with E-state index >= 15 is 0 Å². The van der Waals surface area contributed by atoms with Crippen LogP contribution in [0.1, 0.15) is 33.6 Å². The third-order valence-corrected chi connectivity index (χ3v) is 2.82. The second kappa shape index (κ2) is 8.08. The second-order valence-corrected chi connectivity index (χ2v) is 4.70. The van der Waals surface area contributed by atoms with Crippen LogP contribution in [0.15, 0.2) is 0 Å². The topological polar surface area (TPSA) is 38.5 Å². The van der Waals surface area contributed by atoms with Crippen molar-refractivity contribution in [3.63, 3.8) is 0 Å². The molecule has 2 N–H and O–H groups in total. The molecule has 0 saturated heterocycles. The summed E-state index contributed by atoms with van der Waals surface area (Å²) in [4.78, 5) is 2.32. The lowest BCUT2D eigenvalue weighted by Gasteiger charge is -2.32. The molecule has 0 aliphatic rings. The Kier molecular flexibility index (Phi) is 8.02. The van der Waals surface area contributed by atoms with E-state index in [1.165, 1.54) is 12.8 Å². The van der Waals surface area contributed by atoms with Gasteiger partial charge in [-0.3, -0.25) is 0 Å². The van der Waals surface area contributed by atoms with Crippen molar-refractivity contribution in [1.82, 2.24) is 4.90 Å². The van der Waals surface area contributed by atoms with Gasteiger partial charge in [-0.1, -0.05) is 20.3 Å². The van der Waals surface area contributed by atoms with E-state index in [-0.39, 0.29) is 5.41 Å². The van der Waals surface area contributed by atoms with Crippen LogP contribution in [0, 0.1) is 5.41 Å². The number of hydrogen-bond acceptors (Lipinski definition) is 3. The molecule has 0 aromatic rings. The van der Waals surface area contributed by atoms with Crippen molar-refractivity contribution in [1.29, 1.82) is 0 Å². The summed E-state index contributed by atoms with van der Waals surface area (Å²) in [6.07, 6.45) is 2.40. The van der Waals surface area contributed by atoms with Crippen LogP contribution in [0.2, 0.25) is 0 Å². The first-order chi connectivity index (χ1) is 7.08. The molecule has 0 radical (unpaired) electrons. The molecule has 0 aromatic carbocycles. The molecule has 0 saturated carbocycles. The van der Waals surface area contributed by atoms with Gasteiger partial charge >= 0.3 is 0 Å². The van der Waals surface area contributed by atoms with Crippen LogP contribution in [-0.2, 0) is 4.74 Å². The van der Waals surface area contributed by atoms with E-state index in [0.717, 1.165) is 32.8 Å². The van der Waals surface area contributed by atoms with Gasteiger partial charge in [0.2, 0.25) is 0 Å². The van der Waals surface area contributed by atoms with Crippen molar-refractivity contribution < 1.29 is 4.74 Å². The van der Waals surface area contributed by atoms with Crippen LogP contribution in [-0.4, -0.2) is 44.8 Å². The van der Waals surface area contributed by atoms with E-state index in [2.05, 4.69) is 25.8 Å². The molecule has 0 spiro atoms. The lowest BCUT2D eigenvalue weighted by atomic mass is 9.85. The molecule has 0 heterocycles. The molecule has 0 aliphatic heterocycles. The Hall–Kier alpha value is -0.120. The average molecular weight is 216 g/mol. The molecule has 0 rings (SSSR count). The Bertz CT molecular complexity index is 153. The molecule has 3 heteroatoms. The maximum absolute atomic E-state index is 5.84. The van der Waals surface area contributed by atoms with Crippen molar-refractivity contribution in [3.05, 3.63) is 0 Å². The molecule has 15 heavy (non-hydrogen) atoms. The first kappa shape index (κ1) is 14.9. The Morgan fingerprint density at radius 2 is 2.00 bits per heavy atom. The highest BCUT2D eigenvalue weighted by Gasteiger charge is 2.22. The van der Waals surface area contributed by atoms with Crippen molar-refractivity contribution in [3.8, 4) is 0 Å². The van der Waals surface area contributed by atoms with E-state index in [1.807, 2.05) is 6.92 Å². The molecule has 1 atom stereocenters. The van der Waals surface area contributed by atoms with Gasteiger partial charge in [-0.25, -0.2) is 0 Å². The maximum Gasteiger partial charge on any atom is 0.0593 e. The molecule has 0 fully saturated rings. The van der Waals surface area contributed by atoms with Crippen molar-refractivity contribution >= 4 is 0 Å². The predicted molar refractivity (Wildman–Crippen MR) is 66.1 cm³/mol. The Morgan fingerprint density at radius 3 is 2.47 bits per heavy atom. The van der Waals surface area contributed by atoms with E-state index < -0.39 is 0 Å². The summed E-state index contributed by atoms with van der Waals surface area (Å²) in [5.41, 5.74) is 6.10. The lowest BCUT2D eigenvalue weighted by Crippen LogP contribution is -2.40. The SMILES string of the molecule is CCCC(C)(CN)CN(C)CCOCC. The van der Waals surface area contributed by atoms with Crippen LogP contribution in [0.3, 0.4) is 0 Å². The molecular weight excluding hydrogens is 188 g/mol. The standard InChI is InChI=1S/C12H28N2O/c1-5-7-12(3,10-13)11-14(4)8-9-15-6-2/h5-11,13H2,1-4H3. The maximum atomic E-state index is 5.84. The molecule has 0 aromatic heterocycles. The number of hydrogen-bond donors (Lipinski definition) is 1. The van der Waals surface area contributed by atoms with Gasteiger partial charge in [-0.05, 0) is 32.4 Å². The van der Waals surface area contributed by atoms with Crippen LogP contribution < -0.4 is 5.73 Å². The zero-order chi connectivity index (χ0) is 11.7. The van der Waals surface area contributed by atoms with Crippen LogP contribution >= 0.6 is 0 Å². The highest BCUT2D eigenvalue weighted by molar-refractivity contribution is 4.78. The first-order valence-electron chi connectivity index (χ1n) is 6.04. The highest BCUT2D eigenvalue weighted by Crippen LogP contribution is 2.22. The number of nitrogens with zero attached hydrogens (tertiary/aromatic N) is 1. The molecule has 0 amide bonds. The van der Waals surface area contributed by atoms with Crippen molar-refractivity contribution in [2.75, 3.05) is 39.9 Å².